The molecule has 0 unspecified atom stereocenters. The van der Waals surface area contributed by atoms with E-state index < -0.39 is 0 Å². The molecule has 0 fully saturated rings. The zero-order valence-corrected chi connectivity index (χ0v) is 17.3. The van der Waals surface area contributed by atoms with Crippen LogP contribution < -0.4 is 10.1 Å². The number of ketones is 1. The summed E-state index contributed by atoms with van der Waals surface area (Å²) in [5, 5.41) is 4.36. The highest BCUT2D eigenvalue weighted by Crippen LogP contribution is 2.33. The van der Waals surface area contributed by atoms with Crippen LogP contribution in [0.3, 0.4) is 0 Å². The highest BCUT2D eigenvalue weighted by Gasteiger charge is 2.23. The Labute approximate surface area is 183 Å². The van der Waals surface area contributed by atoms with Gasteiger partial charge in [-0.25, -0.2) is 0 Å². The summed E-state index contributed by atoms with van der Waals surface area (Å²) in [7, 11) is 1.59. The normalized spacial score (nSPS) is 11.0. The van der Waals surface area contributed by atoms with Gasteiger partial charge in [-0.3, -0.25) is 9.59 Å². The summed E-state index contributed by atoms with van der Waals surface area (Å²) in [6.07, 6.45) is 1.63. The molecule has 6 heteroatoms. The zero-order chi connectivity index (χ0) is 22.1. The predicted octanol–water partition coefficient (Wildman–Crippen LogP) is 5.60. The lowest BCUT2D eigenvalue weighted by atomic mass is 10.1. The van der Waals surface area contributed by atoms with Crippen molar-refractivity contribution in [3.63, 3.8) is 0 Å². The van der Waals surface area contributed by atoms with E-state index in [-0.39, 0.29) is 23.9 Å². The average Bonchev–Trinajstić information content (AvgIpc) is 3.40. The minimum Gasteiger partial charge on any atom is -0.497 e. The van der Waals surface area contributed by atoms with Gasteiger partial charge in [0.1, 0.15) is 16.9 Å². The van der Waals surface area contributed by atoms with Crippen LogP contribution in [0.2, 0.25) is 0 Å². The third kappa shape index (κ3) is 3.52. The van der Waals surface area contributed by atoms with Gasteiger partial charge in [-0.2, -0.15) is 0 Å². The molecule has 0 aliphatic heterocycles. The van der Waals surface area contributed by atoms with Crippen LogP contribution >= 0.6 is 0 Å². The lowest BCUT2D eigenvalue weighted by Gasteiger charge is -2.06. The van der Waals surface area contributed by atoms with Gasteiger partial charge >= 0.3 is 0 Å². The molecule has 2 heterocycles. The minimum absolute atomic E-state index is 0.0681. The number of carbonyl (C=O) groups is 2. The van der Waals surface area contributed by atoms with Crippen LogP contribution in [-0.4, -0.2) is 18.8 Å². The van der Waals surface area contributed by atoms with E-state index in [9.17, 15) is 9.59 Å². The Balaban J connectivity index is 1.49. The molecule has 6 nitrogen and oxygen atoms in total. The maximum Gasteiger partial charge on any atom is 0.230 e. The van der Waals surface area contributed by atoms with Gasteiger partial charge in [0.2, 0.25) is 11.7 Å². The van der Waals surface area contributed by atoms with E-state index in [1.165, 1.54) is 0 Å². The van der Waals surface area contributed by atoms with Gasteiger partial charge < -0.3 is 18.9 Å². The summed E-state index contributed by atoms with van der Waals surface area (Å²) in [5.74, 6) is 0.196. The number of methoxy groups -OCH3 is 1. The van der Waals surface area contributed by atoms with Crippen molar-refractivity contribution in [3.8, 4) is 5.75 Å². The predicted molar refractivity (Wildman–Crippen MR) is 121 cm³/mol. The first-order chi connectivity index (χ1) is 15.6. The van der Waals surface area contributed by atoms with Crippen LogP contribution in [0.15, 0.2) is 87.9 Å². The van der Waals surface area contributed by atoms with E-state index in [4.69, 9.17) is 13.6 Å². The fourth-order valence-electron chi connectivity index (χ4n) is 3.73. The van der Waals surface area contributed by atoms with Gasteiger partial charge in [-0.05, 0) is 30.3 Å². The number of rotatable bonds is 6. The largest absolute Gasteiger partial charge is 0.497 e. The zero-order valence-electron chi connectivity index (χ0n) is 17.3. The van der Waals surface area contributed by atoms with E-state index in [2.05, 4.69) is 5.32 Å². The quantitative estimate of drug-likeness (QED) is 0.358. The first-order valence-corrected chi connectivity index (χ1v) is 10.1. The topological polar surface area (TPSA) is 81.7 Å². The molecule has 2 aromatic heterocycles. The Bertz CT molecular complexity index is 1450. The molecular formula is C26H19NO5. The van der Waals surface area contributed by atoms with E-state index in [1.54, 1.807) is 55.8 Å². The summed E-state index contributed by atoms with van der Waals surface area (Å²) in [4.78, 5) is 26.1. The third-order valence-corrected chi connectivity index (χ3v) is 5.31. The van der Waals surface area contributed by atoms with Crippen LogP contribution in [0.25, 0.3) is 21.9 Å². The first kappa shape index (κ1) is 19.6. The van der Waals surface area contributed by atoms with E-state index >= 15 is 0 Å². The molecule has 0 aliphatic carbocycles. The van der Waals surface area contributed by atoms with Crippen LogP contribution in [0.1, 0.15) is 21.7 Å². The van der Waals surface area contributed by atoms with Gasteiger partial charge in [-0.1, -0.05) is 42.5 Å². The molecule has 32 heavy (non-hydrogen) atoms. The number of hydrogen-bond acceptors (Lipinski definition) is 5. The Morgan fingerprint density at radius 2 is 1.69 bits per heavy atom. The molecule has 1 N–H and O–H groups in total. The molecule has 5 rings (SSSR count). The maximum absolute atomic E-state index is 13.1. The molecule has 0 saturated carbocycles. The second-order valence-electron chi connectivity index (χ2n) is 7.35. The van der Waals surface area contributed by atoms with Crippen LogP contribution in [0, 0.1) is 0 Å². The van der Waals surface area contributed by atoms with Crippen molar-refractivity contribution in [2.45, 2.75) is 6.42 Å². The third-order valence-electron chi connectivity index (χ3n) is 5.31. The summed E-state index contributed by atoms with van der Waals surface area (Å²) in [5.41, 5.74) is 2.77. The number of amides is 1. The van der Waals surface area contributed by atoms with Crippen molar-refractivity contribution in [3.05, 3.63) is 95.9 Å². The number of carbonyl (C=O) groups excluding carboxylic acids is 2. The molecule has 0 radical (unpaired) electrons. The van der Waals surface area contributed by atoms with Crippen LogP contribution in [0.4, 0.5) is 5.69 Å². The molecule has 5 aromatic rings. The summed E-state index contributed by atoms with van der Waals surface area (Å²) >= 11 is 0. The van der Waals surface area contributed by atoms with E-state index in [1.807, 2.05) is 30.3 Å². The van der Waals surface area contributed by atoms with Crippen molar-refractivity contribution in [1.82, 2.24) is 0 Å². The van der Waals surface area contributed by atoms with Crippen molar-refractivity contribution in [2.24, 2.45) is 0 Å². The number of ether oxygens (including phenoxy) is 1. The van der Waals surface area contributed by atoms with Crippen molar-refractivity contribution in [2.75, 3.05) is 12.4 Å². The number of para-hydroxylation sites is 1. The molecule has 3 aromatic carbocycles. The highest BCUT2D eigenvalue weighted by atomic mass is 16.5. The number of nitrogens with one attached hydrogen (secondary N) is 1. The Morgan fingerprint density at radius 1 is 0.906 bits per heavy atom. The van der Waals surface area contributed by atoms with E-state index in [0.717, 1.165) is 10.9 Å². The fraction of sp³-hybridized carbons (Fsp3) is 0.0769. The van der Waals surface area contributed by atoms with Crippen LogP contribution in [0.5, 0.6) is 5.75 Å². The average molecular weight is 425 g/mol. The van der Waals surface area contributed by atoms with Gasteiger partial charge in [0, 0.05) is 21.9 Å². The molecule has 0 saturated heterocycles. The summed E-state index contributed by atoms with van der Waals surface area (Å²) in [6, 6.07) is 21.5. The standard InChI is InChI=1S/C26H19NO5/c1-30-18-11-12-21-20(14-18)17(15-31-21)13-23(28)27-24-19-9-5-6-10-22(19)32-26(24)25(29)16-7-3-2-4-8-16/h2-12,14-15H,13H2,1H3,(H,27,28). The van der Waals surface area contributed by atoms with Crippen molar-refractivity contribution < 1.29 is 23.2 Å². The number of furan rings is 2. The number of anilines is 1. The second-order valence-corrected chi connectivity index (χ2v) is 7.35. The second kappa shape index (κ2) is 8.07. The Morgan fingerprint density at radius 3 is 2.50 bits per heavy atom. The number of fused-ring (bicyclic) bond motifs is 2. The molecular weight excluding hydrogens is 406 g/mol. The lowest BCUT2D eigenvalue weighted by Crippen LogP contribution is -2.16. The molecule has 0 atom stereocenters. The summed E-state index contributed by atoms with van der Waals surface area (Å²) in [6.45, 7) is 0. The Hall–Kier alpha value is -4.32. The van der Waals surface area contributed by atoms with Crippen molar-refractivity contribution >= 4 is 39.3 Å². The van der Waals surface area contributed by atoms with Gasteiger partial charge in [0.05, 0.1) is 25.5 Å². The highest BCUT2D eigenvalue weighted by molar-refractivity contribution is 6.17. The molecule has 0 aliphatic rings. The van der Waals surface area contributed by atoms with Crippen molar-refractivity contribution in [1.29, 1.82) is 0 Å². The first-order valence-electron chi connectivity index (χ1n) is 10.1. The Kier molecular flexibility index (Phi) is 4.95. The minimum atomic E-state index is -0.296. The SMILES string of the molecule is COc1ccc2occ(CC(=O)Nc3c(C(=O)c4ccccc4)oc4ccccc34)c2c1. The molecule has 158 valence electrons. The summed E-state index contributed by atoms with van der Waals surface area (Å²) < 4.78 is 16.7. The van der Waals surface area contributed by atoms with Gasteiger partial charge in [0.25, 0.3) is 0 Å². The number of benzene rings is 3. The van der Waals surface area contributed by atoms with Crippen LogP contribution in [-0.2, 0) is 11.2 Å². The molecule has 1 amide bonds. The van der Waals surface area contributed by atoms with Gasteiger partial charge in [-0.15, -0.1) is 0 Å². The maximum atomic E-state index is 13.1. The monoisotopic (exact) mass is 425 g/mol. The van der Waals surface area contributed by atoms with Gasteiger partial charge in [0.15, 0.2) is 5.76 Å². The van der Waals surface area contributed by atoms with E-state index in [0.29, 0.717) is 33.6 Å². The molecule has 0 spiro atoms. The molecule has 0 bridgehead atoms. The smallest absolute Gasteiger partial charge is 0.230 e. The number of hydrogen-bond donors (Lipinski definition) is 1. The lowest BCUT2D eigenvalue weighted by molar-refractivity contribution is -0.115. The fourth-order valence-corrected chi connectivity index (χ4v) is 3.73.